The van der Waals surface area contributed by atoms with Gasteiger partial charge in [0, 0.05) is 12.2 Å². The Balaban J connectivity index is 1.59. The SMILES string of the molecule is COC(=O)CNC(=O)C(CSSCC(=O)NCC[P+](c1ccccc1)(c1ccccc1)c1ccccc1)NC(=O)CCC(N)C(=O)OC. The maximum Gasteiger partial charge on any atom is 0.325 e. The number of methoxy groups -OCH3 is 2. The first kappa shape index (κ1) is 38.5. The second-order valence-electron chi connectivity index (χ2n) is 10.5. The average molecular weight is 714 g/mol. The van der Waals surface area contributed by atoms with Gasteiger partial charge in [-0.2, -0.15) is 0 Å². The monoisotopic (exact) mass is 713 g/mol. The van der Waals surface area contributed by atoms with Crippen LogP contribution in [0.3, 0.4) is 0 Å². The number of nitrogens with one attached hydrogen (secondary N) is 3. The van der Waals surface area contributed by atoms with E-state index in [1.54, 1.807) is 0 Å². The minimum absolute atomic E-state index is 0.0272. The lowest BCUT2D eigenvalue weighted by Gasteiger charge is -2.27. The molecule has 2 unspecified atom stereocenters. The summed E-state index contributed by atoms with van der Waals surface area (Å²) in [5, 5.41) is 11.8. The van der Waals surface area contributed by atoms with Crippen molar-refractivity contribution in [2.24, 2.45) is 5.73 Å². The molecule has 11 nitrogen and oxygen atoms in total. The van der Waals surface area contributed by atoms with Gasteiger partial charge in [-0.05, 0) is 42.8 Å². The molecule has 3 amide bonds. The number of carbonyl (C=O) groups excluding carboxylic acids is 5. The van der Waals surface area contributed by atoms with Gasteiger partial charge < -0.3 is 31.2 Å². The van der Waals surface area contributed by atoms with Gasteiger partial charge >= 0.3 is 11.9 Å². The summed E-state index contributed by atoms with van der Waals surface area (Å²) in [6.45, 7) is 0.0903. The second kappa shape index (κ2) is 20.5. The number of amides is 3. The summed E-state index contributed by atoms with van der Waals surface area (Å²) in [7, 11) is 2.79. The molecule has 0 spiro atoms. The minimum atomic E-state index is -2.09. The quantitative estimate of drug-likeness (QED) is 0.0620. The van der Waals surface area contributed by atoms with Crippen LogP contribution in [0.2, 0.25) is 0 Å². The number of rotatable bonds is 19. The molecule has 0 aliphatic carbocycles. The molecule has 2 atom stereocenters. The average Bonchev–Trinajstić information content (AvgIpc) is 3.13. The third-order valence-electron chi connectivity index (χ3n) is 7.34. The number of esters is 2. The molecule has 5 N–H and O–H groups in total. The predicted molar refractivity (Wildman–Crippen MR) is 194 cm³/mol. The molecule has 256 valence electrons. The highest BCUT2D eigenvalue weighted by molar-refractivity contribution is 8.76. The molecule has 0 saturated carbocycles. The first-order valence-corrected chi connectivity index (χ1v) is 19.7. The van der Waals surface area contributed by atoms with Crippen LogP contribution in [0.15, 0.2) is 91.0 Å². The first-order valence-electron chi connectivity index (χ1n) is 15.2. The van der Waals surface area contributed by atoms with Crippen molar-refractivity contribution in [3.05, 3.63) is 91.0 Å². The van der Waals surface area contributed by atoms with Gasteiger partial charge in [-0.25, -0.2) is 0 Å². The van der Waals surface area contributed by atoms with Gasteiger partial charge in [0.05, 0.1) is 32.7 Å². The molecule has 14 heteroatoms. The van der Waals surface area contributed by atoms with Crippen molar-refractivity contribution in [2.45, 2.75) is 24.9 Å². The van der Waals surface area contributed by atoms with Gasteiger partial charge in [0.1, 0.15) is 41.8 Å². The molecular weight excluding hydrogens is 672 g/mol. The van der Waals surface area contributed by atoms with E-state index in [4.69, 9.17) is 5.73 Å². The van der Waals surface area contributed by atoms with Crippen LogP contribution in [0.5, 0.6) is 0 Å². The van der Waals surface area contributed by atoms with E-state index in [1.165, 1.54) is 51.7 Å². The highest BCUT2D eigenvalue weighted by atomic mass is 33.1. The molecule has 48 heavy (non-hydrogen) atoms. The zero-order valence-electron chi connectivity index (χ0n) is 27.0. The van der Waals surface area contributed by atoms with Crippen molar-refractivity contribution < 1.29 is 33.4 Å². The fraction of sp³-hybridized carbons (Fsp3) is 0.324. The fourth-order valence-electron chi connectivity index (χ4n) is 4.87. The topological polar surface area (TPSA) is 166 Å². The van der Waals surface area contributed by atoms with Gasteiger partial charge in [0.15, 0.2) is 0 Å². The van der Waals surface area contributed by atoms with Crippen molar-refractivity contribution in [3.63, 3.8) is 0 Å². The minimum Gasteiger partial charge on any atom is -0.468 e. The standard InChI is InChI=1S/C34H41N4O7PS2/c1-44-32(41)22-37-33(42)29(38-30(39)19-18-28(35)34(43)45-2)23-47-48-24-31(40)36-20-21-46(25-12-6-3-7-13-25,26-14-8-4-9-15-26)27-16-10-5-11-17-27/h3-17,28-29H,18-24,35H2,1-2H3,(H2-,36,37,38,39,40,42)/p+1. The zero-order chi connectivity index (χ0) is 34.8. The third-order valence-corrected chi connectivity index (χ3v) is 14.1. The summed E-state index contributed by atoms with van der Waals surface area (Å²) < 4.78 is 9.14. The molecule has 0 bridgehead atoms. The second-order valence-corrected chi connectivity index (χ2v) is 16.6. The van der Waals surface area contributed by atoms with Gasteiger partial charge in [-0.15, -0.1) is 0 Å². The summed E-state index contributed by atoms with van der Waals surface area (Å²) >= 11 is 0. The number of hydrogen-bond acceptors (Lipinski definition) is 10. The number of benzene rings is 3. The van der Waals surface area contributed by atoms with Crippen LogP contribution < -0.4 is 37.6 Å². The molecule has 0 heterocycles. The lowest BCUT2D eigenvalue weighted by atomic mass is 10.1. The van der Waals surface area contributed by atoms with E-state index >= 15 is 0 Å². The van der Waals surface area contributed by atoms with E-state index in [0.717, 1.165) is 6.16 Å². The summed E-state index contributed by atoms with van der Waals surface area (Å²) in [5.74, 6) is -2.31. The molecule has 0 aliphatic rings. The van der Waals surface area contributed by atoms with E-state index in [1.807, 2.05) is 54.6 Å². The number of hydrogen-bond donors (Lipinski definition) is 4. The molecule has 0 aromatic heterocycles. The van der Waals surface area contributed by atoms with Crippen LogP contribution >= 0.6 is 28.9 Å². The lowest BCUT2D eigenvalue weighted by Crippen LogP contribution is -2.49. The van der Waals surface area contributed by atoms with E-state index in [9.17, 15) is 24.0 Å². The molecule has 0 aliphatic heterocycles. The van der Waals surface area contributed by atoms with E-state index in [-0.39, 0.29) is 36.8 Å². The van der Waals surface area contributed by atoms with Gasteiger partial charge in [-0.3, -0.25) is 24.0 Å². The Morgan fingerprint density at radius 2 is 1.29 bits per heavy atom. The van der Waals surface area contributed by atoms with Gasteiger partial charge in [-0.1, -0.05) is 76.2 Å². The first-order chi connectivity index (χ1) is 23.2. The Bertz CT molecular complexity index is 1390. The highest BCUT2D eigenvalue weighted by Gasteiger charge is 2.44. The number of carbonyl (C=O) groups is 5. The summed E-state index contributed by atoms with van der Waals surface area (Å²) in [6.07, 6.45) is 0.637. The van der Waals surface area contributed by atoms with Crippen molar-refractivity contribution in [1.29, 1.82) is 0 Å². The molecule has 0 radical (unpaired) electrons. The van der Waals surface area contributed by atoms with Crippen LogP contribution in [-0.4, -0.2) is 86.7 Å². The molecule has 0 saturated heterocycles. The lowest BCUT2D eigenvalue weighted by molar-refractivity contribution is -0.142. The molecule has 3 aromatic carbocycles. The maximum absolute atomic E-state index is 13.0. The fourth-order valence-corrected chi connectivity index (χ4v) is 11.1. The maximum atomic E-state index is 13.0. The van der Waals surface area contributed by atoms with Crippen LogP contribution in [0, 0.1) is 0 Å². The largest absolute Gasteiger partial charge is 0.468 e. The van der Waals surface area contributed by atoms with Crippen molar-refractivity contribution >= 4 is 74.4 Å². The van der Waals surface area contributed by atoms with Crippen molar-refractivity contribution in [1.82, 2.24) is 16.0 Å². The van der Waals surface area contributed by atoms with Crippen LogP contribution in [0.25, 0.3) is 0 Å². The van der Waals surface area contributed by atoms with Crippen LogP contribution in [0.1, 0.15) is 12.8 Å². The molecule has 3 aromatic rings. The normalized spacial score (nSPS) is 12.2. The molecule has 0 fully saturated rings. The van der Waals surface area contributed by atoms with Gasteiger partial charge in [0.2, 0.25) is 17.7 Å². The Morgan fingerprint density at radius 1 is 0.750 bits per heavy atom. The Hall–Kier alpha value is -3.90. The Kier molecular flexibility index (Phi) is 16.4. The van der Waals surface area contributed by atoms with Crippen LogP contribution in [-0.2, 0) is 33.4 Å². The van der Waals surface area contributed by atoms with Gasteiger partial charge in [0.25, 0.3) is 0 Å². The smallest absolute Gasteiger partial charge is 0.325 e. The Labute approximate surface area is 289 Å². The highest BCUT2D eigenvalue weighted by Crippen LogP contribution is 2.54. The third kappa shape index (κ3) is 11.7. The summed E-state index contributed by atoms with van der Waals surface area (Å²) in [5.41, 5.74) is 5.71. The Morgan fingerprint density at radius 3 is 1.79 bits per heavy atom. The summed E-state index contributed by atoms with van der Waals surface area (Å²) in [4.78, 5) is 61.3. The van der Waals surface area contributed by atoms with E-state index < -0.39 is 43.1 Å². The number of ether oxygens (including phenoxy) is 2. The van der Waals surface area contributed by atoms with E-state index in [2.05, 4.69) is 61.8 Å². The van der Waals surface area contributed by atoms with Crippen molar-refractivity contribution in [2.75, 3.05) is 45.0 Å². The predicted octanol–water partition coefficient (Wildman–Crippen LogP) is 1.53. The van der Waals surface area contributed by atoms with Crippen molar-refractivity contribution in [3.8, 4) is 0 Å². The zero-order valence-corrected chi connectivity index (χ0v) is 29.5. The van der Waals surface area contributed by atoms with Crippen LogP contribution in [0.4, 0.5) is 0 Å². The molecule has 3 rings (SSSR count). The van der Waals surface area contributed by atoms with E-state index in [0.29, 0.717) is 6.54 Å². The summed E-state index contributed by atoms with van der Waals surface area (Å²) in [6, 6.07) is 29.3. The number of nitrogens with two attached hydrogens (primary N) is 1. The molecular formula is C34H42N4O7PS2+.